The van der Waals surface area contributed by atoms with E-state index in [4.69, 9.17) is 4.74 Å². The third-order valence-electron chi connectivity index (χ3n) is 8.81. The van der Waals surface area contributed by atoms with Crippen LogP contribution < -0.4 is 20.7 Å². The minimum atomic E-state index is -1.22. The fourth-order valence-corrected chi connectivity index (χ4v) is 6.62. The number of carbonyl (C=O) groups excluding carboxylic acids is 5. The molecule has 2 aliphatic heterocycles. The molecule has 1 aliphatic carbocycles. The molecule has 3 aliphatic rings. The van der Waals surface area contributed by atoms with Gasteiger partial charge in [-0.3, -0.25) is 24.0 Å². The number of rotatable bonds is 11. The third-order valence-corrected chi connectivity index (χ3v) is 8.81. The zero-order valence-corrected chi connectivity index (χ0v) is 24.4. The van der Waals surface area contributed by atoms with Gasteiger partial charge in [0, 0.05) is 37.2 Å². The number of halogens is 2. The molecule has 10 nitrogen and oxygen atoms in total. The van der Waals surface area contributed by atoms with E-state index in [1.807, 2.05) is 0 Å². The first-order chi connectivity index (χ1) is 21.2. The molecule has 234 valence electrons. The first-order valence-corrected chi connectivity index (χ1v) is 15.0. The van der Waals surface area contributed by atoms with Crippen LogP contribution in [0.25, 0.3) is 11.1 Å². The quantitative estimate of drug-likeness (QED) is 0.335. The number of ketones is 1. The predicted molar refractivity (Wildman–Crippen MR) is 155 cm³/mol. The van der Waals surface area contributed by atoms with Crippen molar-refractivity contribution < 1.29 is 37.5 Å². The van der Waals surface area contributed by atoms with Crippen molar-refractivity contribution in [2.75, 3.05) is 26.2 Å². The number of nitrogens with one attached hydrogen (secondary N) is 3. The van der Waals surface area contributed by atoms with E-state index in [1.165, 1.54) is 41.3 Å². The largest absolute Gasteiger partial charge is 0.484 e. The maximum Gasteiger partial charge on any atom is 0.289 e. The summed E-state index contributed by atoms with van der Waals surface area (Å²) in [4.78, 5) is 66.3. The average molecular weight is 611 g/mol. The SMILES string of the molecule is CCNC(=O)C(=O)[C@H](C[C@@H]1CCNC1=O)NC(=O)[C@@H]1[C@H]2CCC[C@H]2CN1C(=O)COc1ccc(-c2ccc(F)cc2)c(F)c1. The van der Waals surface area contributed by atoms with Crippen LogP contribution in [-0.2, 0) is 24.0 Å². The zero-order valence-electron chi connectivity index (χ0n) is 24.4. The van der Waals surface area contributed by atoms with E-state index < -0.39 is 59.7 Å². The van der Waals surface area contributed by atoms with Crippen LogP contribution in [0.15, 0.2) is 42.5 Å². The van der Waals surface area contributed by atoms with E-state index in [0.717, 1.165) is 25.3 Å². The lowest BCUT2D eigenvalue weighted by Crippen LogP contribution is -2.55. The van der Waals surface area contributed by atoms with Gasteiger partial charge in [0.25, 0.3) is 11.8 Å². The Hall–Kier alpha value is -4.35. The summed E-state index contributed by atoms with van der Waals surface area (Å²) >= 11 is 0. The van der Waals surface area contributed by atoms with Gasteiger partial charge >= 0.3 is 0 Å². The van der Waals surface area contributed by atoms with Gasteiger partial charge in [-0.1, -0.05) is 18.6 Å². The molecule has 0 radical (unpaired) electrons. The van der Waals surface area contributed by atoms with Gasteiger partial charge in [-0.15, -0.1) is 0 Å². The Morgan fingerprint density at radius 2 is 1.84 bits per heavy atom. The Kier molecular flexibility index (Phi) is 9.55. The normalized spacial score (nSPS) is 23.1. The lowest BCUT2D eigenvalue weighted by molar-refractivity contribution is -0.143. The van der Waals surface area contributed by atoms with Gasteiger partial charge in [-0.2, -0.15) is 0 Å². The molecule has 2 aromatic rings. The molecule has 5 rings (SSSR count). The van der Waals surface area contributed by atoms with Crippen LogP contribution in [0.1, 0.15) is 39.0 Å². The number of likely N-dealkylation sites (N-methyl/N-ethyl adjacent to an activating group) is 1. The third kappa shape index (κ3) is 6.74. The Balaban J connectivity index is 1.28. The average Bonchev–Trinajstić information content (AvgIpc) is 3.72. The zero-order chi connectivity index (χ0) is 31.4. The molecule has 0 aromatic heterocycles. The fraction of sp³-hybridized carbons (Fsp3) is 0.469. The summed E-state index contributed by atoms with van der Waals surface area (Å²) in [5.41, 5.74) is 0.737. The van der Waals surface area contributed by atoms with E-state index in [1.54, 1.807) is 6.92 Å². The number of hydrogen-bond acceptors (Lipinski definition) is 6. The number of fused-ring (bicyclic) bond motifs is 1. The molecule has 0 spiro atoms. The summed E-state index contributed by atoms with van der Waals surface area (Å²) in [7, 11) is 0. The number of nitrogens with zero attached hydrogens (tertiary/aromatic N) is 1. The van der Waals surface area contributed by atoms with Crippen molar-refractivity contribution in [2.24, 2.45) is 17.8 Å². The molecule has 2 heterocycles. The summed E-state index contributed by atoms with van der Waals surface area (Å²) in [5.74, 6) is -4.42. The van der Waals surface area contributed by atoms with Crippen molar-refractivity contribution in [3.63, 3.8) is 0 Å². The number of ether oxygens (including phenoxy) is 1. The molecule has 5 atom stereocenters. The van der Waals surface area contributed by atoms with Crippen molar-refractivity contribution in [1.29, 1.82) is 0 Å². The van der Waals surface area contributed by atoms with Crippen LogP contribution in [0.5, 0.6) is 5.75 Å². The van der Waals surface area contributed by atoms with Gasteiger partial charge in [-0.05, 0) is 74.3 Å². The maximum absolute atomic E-state index is 14.8. The van der Waals surface area contributed by atoms with Crippen LogP contribution in [-0.4, -0.2) is 72.6 Å². The summed E-state index contributed by atoms with van der Waals surface area (Å²) < 4.78 is 33.7. The molecule has 2 aromatic carbocycles. The molecule has 0 unspecified atom stereocenters. The second kappa shape index (κ2) is 13.5. The number of likely N-dealkylation sites (tertiary alicyclic amines) is 1. The van der Waals surface area contributed by atoms with Gasteiger partial charge in [0.05, 0.1) is 6.04 Å². The lowest BCUT2D eigenvalue weighted by atomic mass is 9.91. The molecule has 1 saturated carbocycles. The molecule has 3 fully saturated rings. The Bertz CT molecular complexity index is 1430. The number of hydrogen-bond donors (Lipinski definition) is 3. The Morgan fingerprint density at radius 3 is 2.52 bits per heavy atom. The standard InChI is InChI=1S/C32H36F2N4O6/c1-2-35-32(43)29(40)26(14-19-12-13-36-30(19)41)37-31(42)28-24-5-3-4-20(24)16-38(28)27(39)17-44-22-10-11-23(25(34)15-22)18-6-8-21(33)9-7-18/h6-11,15,19-20,24,26,28H,2-5,12-14,16-17H2,1H3,(H,35,43)(H,36,41)(H,37,42)/t19-,20-,24-,26-,28-/m0/s1. The molecule has 12 heteroatoms. The van der Waals surface area contributed by atoms with Crippen molar-refractivity contribution >= 4 is 29.4 Å². The molecule has 0 bridgehead atoms. The number of carbonyl (C=O) groups is 5. The minimum absolute atomic E-state index is 0.0229. The van der Waals surface area contributed by atoms with Gasteiger partial charge in [0.15, 0.2) is 6.61 Å². The Labute approximate surface area is 253 Å². The molecular formula is C32H36F2N4O6. The lowest BCUT2D eigenvalue weighted by Gasteiger charge is -2.29. The van der Waals surface area contributed by atoms with Gasteiger partial charge in [0.1, 0.15) is 23.4 Å². The summed E-state index contributed by atoms with van der Waals surface area (Å²) in [6, 6.07) is 7.43. The van der Waals surface area contributed by atoms with E-state index >= 15 is 0 Å². The molecule has 4 amide bonds. The molecular weight excluding hydrogens is 574 g/mol. The van der Waals surface area contributed by atoms with Crippen molar-refractivity contribution in [1.82, 2.24) is 20.9 Å². The van der Waals surface area contributed by atoms with Crippen LogP contribution in [0.3, 0.4) is 0 Å². The van der Waals surface area contributed by atoms with Crippen molar-refractivity contribution in [2.45, 2.75) is 51.1 Å². The van der Waals surface area contributed by atoms with Crippen LogP contribution in [0.2, 0.25) is 0 Å². The Morgan fingerprint density at radius 1 is 1.07 bits per heavy atom. The van der Waals surface area contributed by atoms with Gasteiger partial charge in [0.2, 0.25) is 17.6 Å². The first-order valence-electron chi connectivity index (χ1n) is 15.0. The number of benzene rings is 2. The summed E-state index contributed by atoms with van der Waals surface area (Å²) in [5, 5.41) is 7.87. The first kappa shape index (κ1) is 31.1. The van der Waals surface area contributed by atoms with E-state index in [9.17, 15) is 32.8 Å². The highest BCUT2D eigenvalue weighted by Gasteiger charge is 2.50. The van der Waals surface area contributed by atoms with Gasteiger partial charge < -0.3 is 25.6 Å². The molecule has 44 heavy (non-hydrogen) atoms. The number of amides is 4. The minimum Gasteiger partial charge on any atom is -0.484 e. The predicted octanol–water partition coefficient (Wildman–Crippen LogP) is 2.35. The van der Waals surface area contributed by atoms with E-state index in [0.29, 0.717) is 25.1 Å². The van der Waals surface area contributed by atoms with E-state index in [-0.39, 0.29) is 42.0 Å². The maximum atomic E-state index is 14.8. The topological polar surface area (TPSA) is 134 Å². The fourth-order valence-electron chi connectivity index (χ4n) is 6.62. The summed E-state index contributed by atoms with van der Waals surface area (Å²) in [6.45, 7) is 2.24. The second-order valence-electron chi connectivity index (χ2n) is 11.6. The summed E-state index contributed by atoms with van der Waals surface area (Å²) in [6.07, 6.45) is 2.93. The highest BCUT2D eigenvalue weighted by atomic mass is 19.1. The molecule has 3 N–H and O–H groups in total. The molecule has 2 saturated heterocycles. The smallest absolute Gasteiger partial charge is 0.289 e. The van der Waals surface area contributed by atoms with Crippen molar-refractivity contribution in [3.05, 3.63) is 54.1 Å². The second-order valence-corrected chi connectivity index (χ2v) is 11.6. The highest BCUT2D eigenvalue weighted by molar-refractivity contribution is 6.38. The van der Waals surface area contributed by atoms with Crippen LogP contribution in [0, 0.1) is 29.4 Å². The van der Waals surface area contributed by atoms with Crippen LogP contribution >= 0.6 is 0 Å². The van der Waals surface area contributed by atoms with Gasteiger partial charge in [-0.25, -0.2) is 8.78 Å². The highest BCUT2D eigenvalue weighted by Crippen LogP contribution is 2.42. The monoisotopic (exact) mass is 610 g/mol. The van der Waals surface area contributed by atoms with Crippen molar-refractivity contribution in [3.8, 4) is 16.9 Å². The van der Waals surface area contributed by atoms with E-state index in [2.05, 4.69) is 16.0 Å². The number of Topliss-reactive ketones (excluding diaryl/α,β-unsaturated/α-hetero) is 1. The van der Waals surface area contributed by atoms with Crippen LogP contribution in [0.4, 0.5) is 8.78 Å².